The first-order valence-corrected chi connectivity index (χ1v) is 8.68. The number of hydrogen-bond acceptors (Lipinski definition) is 5. The molecule has 1 aromatic heterocycles. The van der Waals surface area contributed by atoms with Crippen molar-refractivity contribution in [1.29, 1.82) is 0 Å². The molecule has 9 heteroatoms. The Hall–Kier alpha value is -3.13. The number of carbonyl (C=O) groups is 2. The van der Waals surface area contributed by atoms with Crippen LogP contribution >= 0.6 is 11.6 Å². The molecule has 0 radical (unpaired) electrons. The highest BCUT2D eigenvalue weighted by atomic mass is 35.5. The zero-order valence-electron chi connectivity index (χ0n) is 14.4. The van der Waals surface area contributed by atoms with Crippen LogP contribution in [-0.4, -0.2) is 45.8 Å². The Morgan fingerprint density at radius 2 is 2.07 bits per heavy atom. The van der Waals surface area contributed by atoms with E-state index in [2.05, 4.69) is 27.2 Å². The van der Waals surface area contributed by atoms with E-state index >= 15 is 0 Å². The van der Waals surface area contributed by atoms with E-state index < -0.39 is 5.56 Å². The van der Waals surface area contributed by atoms with Gasteiger partial charge in [0.1, 0.15) is 5.02 Å². The number of carbonyl (C=O) groups excluding carboxylic acids is 2. The van der Waals surface area contributed by atoms with Gasteiger partial charge in [-0.15, -0.1) is 0 Å². The van der Waals surface area contributed by atoms with Crippen LogP contribution in [0.2, 0.25) is 5.02 Å². The molecule has 3 rings (SSSR count). The molecular weight excluding hydrogens is 370 g/mol. The summed E-state index contributed by atoms with van der Waals surface area (Å²) in [4.78, 5) is 43.8. The Kier molecular flexibility index (Phi) is 5.56. The number of aromatic amines is 1. The fourth-order valence-electron chi connectivity index (χ4n) is 2.78. The molecule has 0 aliphatic carbocycles. The number of aromatic nitrogens is 2. The fourth-order valence-corrected chi connectivity index (χ4v) is 2.88. The second kappa shape index (κ2) is 8.05. The van der Waals surface area contributed by atoms with Gasteiger partial charge in [0.05, 0.1) is 6.20 Å². The highest BCUT2D eigenvalue weighted by molar-refractivity contribution is 6.30. The van der Waals surface area contributed by atoms with Crippen molar-refractivity contribution in [2.45, 2.75) is 12.5 Å². The van der Waals surface area contributed by atoms with Gasteiger partial charge in [-0.2, -0.15) is 0 Å². The van der Waals surface area contributed by atoms with Gasteiger partial charge in [-0.05, 0) is 36.8 Å². The molecule has 1 fully saturated rings. The number of hydrogen-bond donors (Lipinski definition) is 3. The lowest BCUT2D eigenvalue weighted by atomic mass is 10.2. The van der Waals surface area contributed by atoms with Crippen LogP contribution in [0.25, 0.3) is 0 Å². The average molecular weight is 388 g/mol. The quantitative estimate of drug-likeness (QED) is 0.679. The number of nitrogens with zero attached hydrogens (tertiary/aromatic N) is 2. The molecule has 2 aromatic rings. The minimum absolute atomic E-state index is 0.0237. The molecule has 2 heterocycles. The van der Waals surface area contributed by atoms with Crippen LogP contribution in [-0.2, 0) is 4.79 Å². The number of benzene rings is 1. The maximum atomic E-state index is 12.6. The van der Waals surface area contributed by atoms with Crippen molar-refractivity contribution in [2.24, 2.45) is 0 Å². The second-order valence-electron chi connectivity index (χ2n) is 6.06. The molecule has 3 N–H and O–H groups in total. The second-order valence-corrected chi connectivity index (χ2v) is 6.47. The molecule has 27 heavy (non-hydrogen) atoms. The summed E-state index contributed by atoms with van der Waals surface area (Å²) < 4.78 is 0. The smallest absolute Gasteiger partial charge is 0.271 e. The molecule has 0 bridgehead atoms. The van der Waals surface area contributed by atoms with Gasteiger partial charge in [0.15, 0.2) is 0 Å². The zero-order chi connectivity index (χ0) is 19.4. The Morgan fingerprint density at radius 1 is 1.33 bits per heavy atom. The molecule has 1 saturated heterocycles. The molecule has 2 amide bonds. The number of H-pyrrole nitrogens is 1. The van der Waals surface area contributed by atoms with Gasteiger partial charge in [-0.25, -0.2) is 4.98 Å². The summed E-state index contributed by atoms with van der Waals surface area (Å²) in [5, 5.41) is 5.76. The highest BCUT2D eigenvalue weighted by Gasteiger charge is 2.27. The molecule has 1 aliphatic heterocycles. The van der Waals surface area contributed by atoms with Crippen molar-refractivity contribution < 1.29 is 9.59 Å². The van der Waals surface area contributed by atoms with E-state index in [4.69, 9.17) is 11.6 Å². The van der Waals surface area contributed by atoms with Crippen LogP contribution in [0.15, 0.2) is 47.9 Å². The third kappa shape index (κ3) is 4.53. The molecule has 1 aliphatic rings. The normalized spacial score (nSPS) is 16.0. The minimum Gasteiger partial charge on any atom is -0.351 e. The highest BCUT2D eigenvalue weighted by Crippen LogP contribution is 2.18. The molecular formula is C18H18ClN5O3. The standard InChI is InChI=1S/C18H18ClN5O3/c1-2-15(25)21-12-5-3-11(4-6-12)17(27)24-8-7-13(10-24)22-18-20-9-14(19)16(26)23-18/h2-6,9,13H,1,7-8,10H2,(H,21,25)(H2,20,22,23,26). The summed E-state index contributed by atoms with van der Waals surface area (Å²) in [5.74, 6) is -0.0825. The van der Waals surface area contributed by atoms with E-state index in [1.54, 1.807) is 29.2 Å². The number of anilines is 2. The monoisotopic (exact) mass is 387 g/mol. The zero-order valence-corrected chi connectivity index (χ0v) is 15.1. The summed E-state index contributed by atoms with van der Waals surface area (Å²) in [6.45, 7) is 4.46. The van der Waals surface area contributed by atoms with Gasteiger partial charge >= 0.3 is 0 Å². The molecule has 8 nitrogen and oxygen atoms in total. The van der Waals surface area contributed by atoms with Gasteiger partial charge < -0.3 is 15.5 Å². The van der Waals surface area contributed by atoms with Crippen molar-refractivity contribution in [1.82, 2.24) is 14.9 Å². The Balaban J connectivity index is 1.60. The van der Waals surface area contributed by atoms with E-state index in [9.17, 15) is 14.4 Å². The van der Waals surface area contributed by atoms with Crippen molar-refractivity contribution in [3.8, 4) is 0 Å². The predicted octanol–water partition coefficient (Wildman–Crippen LogP) is 1.87. The van der Waals surface area contributed by atoms with Crippen LogP contribution in [0.3, 0.4) is 0 Å². The van der Waals surface area contributed by atoms with E-state index in [0.29, 0.717) is 30.3 Å². The lowest BCUT2D eigenvalue weighted by Gasteiger charge is -2.17. The minimum atomic E-state index is -0.413. The first kappa shape index (κ1) is 18.7. The van der Waals surface area contributed by atoms with Crippen LogP contribution in [0.4, 0.5) is 11.6 Å². The number of amides is 2. The maximum absolute atomic E-state index is 12.6. The lowest BCUT2D eigenvalue weighted by Crippen LogP contribution is -2.32. The number of likely N-dealkylation sites (tertiary alicyclic amines) is 1. The van der Waals surface area contributed by atoms with Gasteiger partial charge in [-0.1, -0.05) is 18.2 Å². The first-order chi connectivity index (χ1) is 13.0. The summed E-state index contributed by atoms with van der Waals surface area (Å²) >= 11 is 5.66. The van der Waals surface area contributed by atoms with Crippen LogP contribution in [0, 0.1) is 0 Å². The van der Waals surface area contributed by atoms with Crippen molar-refractivity contribution in [2.75, 3.05) is 23.7 Å². The number of nitrogens with one attached hydrogen (secondary N) is 3. The van der Waals surface area contributed by atoms with Crippen molar-refractivity contribution >= 4 is 35.1 Å². The number of rotatable bonds is 5. The van der Waals surface area contributed by atoms with E-state index in [1.807, 2.05) is 0 Å². The molecule has 1 unspecified atom stereocenters. The summed E-state index contributed by atoms with van der Waals surface area (Å²) in [6.07, 6.45) is 3.19. The SMILES string of the molecule is C=CC(=O)Nc1ccc(C(=O)N2CCC(Nc3ncc(Cl)c(=O)[nH]3)C2)cc1. The molecule has 0 saturated carbocycles. The molecule has 0 spiro atoms. The Morgan fingerprint density at radius 3 is 2.74 bits per heavy atom. The van der Waals surface area contributed by atoms with E-state index in [-0.39, 0.29) is 22.9 Å². The molecule has 1 atom stereocenters. The Bertz CT molecular complexity index is 925. The summed E-state index contributed by atoms with van der Waals surface area (Å²) in [7, 11) is 0. The largest absolute Gasteiger partial charge is 0.351 e. The topological polar surface area (TPSA) is 107 Å². The van der Waals surface area contributed by atoms with Crippen molar-refractivity contribution in [3.63, 3.8) is 0 Å². The average Bonchev–Trinajstić information content (AvgIpc) is 3.13. The van der Waals surface area contributed by atoms with Crippen LogP contribution in [0.1, 0.15) is 16.8 Å². The Labute approximate surface area is 160 Å². The van der Waals surface area contributed by atoms with Crippen LogP contribution in [0.5, 0.6) is 0 Å². The third-order valence-electron chi connectivity index (χ3n) is 4.16. The van der Waals surface area contributed by atoms with Crippen molar-refractivity contribution in [3.05, 3.63) is 64.1 Å². The van der Waals surface area contributed by atoms with Gasteiger partial charge in [0.2, 0.25) is 11.9 Å². The van der Waals surface area contributed by atoms with Gasteiger partial charge in [-0.3, -0.25) is 19.4 Å². The first-order valence-electron chi connectivity index (χ1n) is 8.30. The fraction of sp³-hybridized carbons (Fsp3) is 0.222. The summed E-state index contributed by atoms with van der Waals surface area (Å²) in [5.41, 5.74) is 0.712. The third-order valence-corrected chi connectivity index (χ3v) is 4.43. The maximum Gasteiger partial charge on any atom is 0.271 e. The predicted molar refractivity (Wildman–Crippen MR) is 103 cm³/mol. The van der Waals surface area contributed by atoms with E-state index in [0.717, 1.165) is 6.42 Å². The number of halogens is 1. The van der Waals surface area contributed by atoms with E-state index in [1.165, 1.54) is 12.3 Å². The van der Waals surface area contributed by atoms with Gasteiger partial charge in [0, 0.05) is 30.4 Å². The molecule has 140 valence electrons. The van der Waals surface area contributed by atoms with Gasteiger partial charge in [0.25, 0.3) is 11.5 Å². The van der Waals surface area contributed by atoms with Crippen LogP contribution < -0.4 is 16.2 Å². The molecule has 1 aromatic carbocycles. The lowest BCUT2D eigenvalue weighted by molar-refractivity contribution is -0.111. The summed E-state index contributed by atoms with van der Waals surface area (Å²) in [6, 6.07) is 6.65.